The Balaban J connectivity index is 1.52. The minimum atomic E-state index is -0.554. The zero-order valence-electron chi connectivity index (χ0n) is 17.9. The van der Waals surface area contributed by atoms with Crippen molar-refractivity contribution >= 4 is 23.2 Å². The minimum Gasteiger partial charge on any atom is -0.496 e. The van der Waals surface area contributed by atoms with Crippen LogP contribution in [0.5, 0.6) is 5.75 Å². The van der Waals surface area contributed by atoms with Crippen molar-refractivity contribution in [3.05, 3.63) is 28.3 Å². The van der Waals surface area contributed by atoms with Crippen LogP contribution >= 0.6 is 0 Å². The number of methoxy groups -OCH3 is 1. The van der Waals surface area contributed by atoms with Crippen molar-refractivity contribution < 1.29 is 24.0 Å². The summed E-state index contributed by atoms with van der Waals surface area (Å²) in [5.41, 5.74) is -0.0968. The number of piperazine rings is 1. The van der Waals surface area contributed by atoms with Gasteiger partial charge in [0.15, 0.2) is 0 Å². The molecule has 2 aliphatic rings. The van der Waals surface area contributed by atoms with Crippen LogP contribution in [0.25, 0.3) is 0 Å². The Morgan fingerprint density at radius 2 is 1.87 bits per heavy atom. The van der Waals surface area contributed by atoms with Gasteiger partial charge in [-0.2, -0.15) is 0 Å². The standard InChI is InChI=1S/C20H29N5O6/c1-15(20(27)21-17-4-3-16(30-2)13-18(17)25(28)29)23-5-7-24(8-6-23)19(26)14-22-9-11-31-12-10-22/h3-4,13,15H,5-12,14H2,1-2H3,(H,21,27). The van der Waals surface area contributed by atoms with Crippen LogP contribution in [-0.4, -0.2) is 104 Å². The fraction of sp³-hybridized carbons (Fsp3) is 0.600. The molecule has 0 bridgehead atoms. The zero-order valence-corrected chi connectivity index (χ0v) is 17.9. The summed E-state index contributed by atoms with van der Waals surface area (Å²) in [4.78, 5) is 41.9. The van der Waals surface area contributed by atoms with E-state index in [1.54, 1.807) is 13.0 Å². The van der Waals surface area contributed by atoms with Crippen molar-refractivity contribution in [2.45, 2.75) is 13.0 Å². The first-order valence-electron chi connectivity index (χ1n) is 10.3. The highest BCUT2D eigenvalue weighted by Crippen LogP contribution is 2.29. The predicted molar refractivity (Wildman–Crippen MR) is 113 cm³/mol. The highest BCUT2D eigenvalue weighted by atomic mass is 16.6. The number of anilines is 1. The van der Waals surface area contributed by atoms with E-state index >= 15 is 0 Å². The van der Waals surface area contributed by atoms with Crippen molar-refractivity contribution in [3.63, 3.8) is 0 Å². The number of amides is 2. The zero-order chi connectivity index (χ0) is 22.4. The summed E-state index contributed by atoms with van der Waals surface area (Å²) in [6.45, 7) is 7.20. The number of nitrogens with one attached hydrogen (secondary N) is 1. The average molecular weight is 435 g/mol. The van der Waals surface area contributed by atoms with Crippen molar-refractivity contribution in [2.75, 3.05) is 71.5 Å². The third-order valence-corrected chi connectivity index (χ3v) is 5.72. The van der Waals surface area contributed by atoms with E-state index in [4.69, 9.17) is 9.47 Å². The lowest BCUT2D eigenvalue weighted by atomic mass is 10.2. The summed E-state index contributed by atoms with van der Waals surface area (Å²) in [7, 11) is 1.42. The lowest BCUT2D eigenvalue weighted by Gasteiger charge is -2.38. The van der Waals surface area contributed by atoms with Crippen LogP contribution in [0.1, 0.15) is 6.92 Å². The largest absolute Gasteiger partial charge is 0.496 e. The smallest absolute Gasteiger partial charge is 0.296 e. The number of nitrogens with zero attached hydrogens (tertiary/aromatic N) is 4. The van der Waals surface area contributed by atoms with Gasteiger partial charge in [0.1, 0.15) is 11.4 Å². The first kappa shape index (κ1) is 22.9. The van der Waals surface area contributed by atoms with Crippen molar-refractivity contribution in [3.8, 4) is 5.75 Å². The van der Waals surface area contributed by atoms with Crippen LogP contribution in [0.3, 0.4) is 0 Å². The van der Waals surface area contributed by atoms with E-state index < -0.39 is 11.0 Å². The van der Waals surface area contributed by atoms with Crippen LogP contribution in [0.4, 0.5) is 11.4 Å². The molecule has 2 heterocycles. The Bertz CT molecular complexity index is 805. The second-order valence-electron chi connectivity index (χ2n) is 7.61. The molecule has 1 atom stereocenters. The van der Waals surface area contributed by atoms with Crippen molar-refractivity contribution in [1.82, 2.24) is 14.7 Å². The number of hydrogen-bond donors (Lipinski definition) is 1. The van der Waals surface area contributed by atoms with Crippen LogP contribution in [0.2, 0.25) is 0 Å². The summed E-state index contributed by atoms with van der Waals surface area (Å²) in [5, 5.41) is 14.0. The summed E-state index contributed by atoms with van der Waals surface area (Å²) < 4.78 is 10.3. The van der Waals surface area contributed by atoms with E-state index in [2.05, 4.69) is 10.2 Å². The SMILES string of the molecule is COc1ccc(NC(=O)C(C)N2CCN(C(=O)CN3CCOCC3)CC2)c([N+](=O)[O-])c1. The Morgan fingerprint density at radius 3 is 2.48 bits per heavy atom. The molecule has 3 rings (SSSR count). The van der Waals surface area contributed by atoms with Gasteiger partial charge in [0, 0.05) is 39.3 Å². The van der Waals surface area contributed by atoms with E-state index in [0.717, 1.165) is 13.1 Å². The molecule has 170 valence electrons. The predicted octanol–water partition coefficient (Wildman–Crippen LogP) is 0.407. The maximum absolute atomic E-state index is 12.7. The molecule has 2 saturated heterocycles. The molecule has 1 N–H and O–H groups in total. The van der Waals surface area contributed by atoms with Gasteiger partial charge < -0.3 is 19.7 Å². The lowest BCUT2D eigenvalue weighted by Crippen LogP contribution is -2.55. The van der Waals surface area contributed by atoms with Gasteiger partial charge in [-0.05, 0) is 19.1 Å². The van der Waals surface area contributed by atoms with Crippen molar-refractivity contribution in [2.24, 2.45) is 0 Å². The van der Waals surface area contributed by atoms with Gasteiger partial charge in [-0.25, -0.2) is 0 Å². The number of nitro benzene ring substituents is 1. The van der Waals surface area contributed by atoms with Crippen LogP contribution < -0.4 is 10.1 Å². The van der Waals surface area contributed by atoms with Gasteiger partial charge in [-0.15, -0.1) is 0 Å². The Hall–Kier alpha value is -2.76. The van der Waals surface area contributed by atoms with Crippen LogP contribution in [0.15, 0.2) is 18.2 Å². The molecule has 2 aliphatic heterocycles. The normalized spacial score (nSPS) is 19.0. The molecule has 2 fully saturated rings. The van der Waals surface area contributed by atoms with Crippen LogP contribution in [0, 0.1) is 10.1 Å². The molecule has 0 radical (unpaired) electrons. The second-order valence-corrected chi connectivity index (χ2v) is 7.61. The molecule has 31 heavy (non-hydrogen) atoms. The first-order valence-corrected chi connectivity index (χ1v) is 10.3. The van der Waals surface area contributed by atoms with E-state index in [0.29, 0.717) is 51.7 Å². The summed E-state index contributed by atoms with van der Waals surface area (Å²) in [6, 6.07) is 3.81. The van der Waals surface area contributed by atoms with E-state index in [9.17, 15) is 19.7 Å². The van der Waals surface area contributed by atoms with E-state index in [1.807, 2.05) is 9.80 Å². The van der Waals surface area contributed by atoms with E-state index in [-0.39, 0.29) is 23.2 Å². The number of hydrogen-bond acceptors (Lipinski definition) is 8. The number of morpholine rings is 1. The Labute approximate surface area is 181 Å². The van der Waals surface area contributed by atoms with E-state index in [1.165, 1.54) is 19.2 Å². The maximum Gasteiger partial charge on any atom is 0.296 e. The van der Waals surface area contributed by atoms with Crippen LogP contribution in [-0.2, 0) is 14.3 Å². The molecule has 0 saturated carbocycles. The van der Waals surface area contributed by atoms with Gasteiger partial charge in [-0.3, -0.25) is 29.5 Å². The van der Waals surface area contributed by atoms with Gasteiger partial charge in [0.2, 0.25) is 11.8 Å². The Kier molecular flexibility index (Phi) is 7.77. The molecule has 2 amide bonds. The number of carbonyl (C=O) groups is 2. The molecule has 0 aliphatic carbocycles. The number of ether oxygens (including phenoxy) is 2. The van der Waals surface area contributed by atoms with Gasteiger partial charge >= 0.3 is 0 Å². The minimum absolute atomic E-state index is 0.0903. The van der Waals surface area contributed by atoms with Gasteiger partial charge in [0.25, 0.3) is 5.69 Å². The molecule has 0 aromatic heterocycles. The molecule has 1 unspecified atom stereocenters. The quantitative estimate of drug-likeness (QED) is 0.483. The topological polar surface area (TPSA) is 117 Å². The number of carbonyl (C=O) groups excluding carboxylic acids is 2. The molecule has 1 aromatic carbocycles. The molecule has 1 aromatic rings. The maximum atomic E-state index is 12.7. The first-order chi connectivity index (χ1) is 14.9. The summed E-state index contributed by atoms with van der Waals surface area (Å²) in [6.07, 6.45) is 0. The number of rotatable bonds is 7. The lowest BCUT2D eigenvalue weighted by molar-refractivity contribution is -0.384. The van der Waals surface area contributed by atoms with Crippen molar-refractivity contribution in [1.29, 1.82) is 0 Å². The molecular formula is C20H29N5O6. The third kappa shape index (κ3) is 5.90. The Morgan fingerprint density at radius 1 is 1.19 bits per heavy atom. The highest BCUT2D eigenvalue weighted by molar-refractivity contribution is 5.96. The monoisotopic (exact) mass is 435 g/mol. The second kappa shape index (κ2) is 10.5. The molecule has 0 spiro atoms. The number of benzene rings is 1. The van der Waals surface area contributed by atoms with Gasteiger partial charge in [-0.1, -0.05) is 0 Å². The fourth-order valence-electron chi connectivity index (χ4n) is 3.71. The third-order valence-electron chi connectivity index (χ3n) is 5.72. The molecular weight excluding hydrogens is 406 g/mol. The average Bonchev–Trinajstić information content (AvgIpc) is 2.79. The molecule has 11 nitrogen and oxygen atoms in total. The van der Waals surface area contributed by atoms with Gasteiger partial charge in [0.05, 0.1) is 43.9 Å². The molecule has 11 heteroatoms. The summed E-state index contributed by atoms with van der Waals surface area (Å²) >= 11 is 0. The summed E-state index contributed by atoms with van der Waals surface area (Å²) in [5.74, 6) is 0.101. The number of nitro groups is 1. The highest BCUT2D eigenvalue weighted by Gasteiger charge is 2.29. The fourth-order valence-corrected chi connectivity index (χ4v) is 3.71.